The summed E-state index contributed by atoms with van der Waals surface area (Å²) < 4.78 is 4.26. The van der Waals surface area contributed by atoms with E-state index in [1.165, 1.54) is 0 Å². The second kappa shape index (κ2) is 10.2. The number of nitrogens with zero attached hydrogens (tertiary/aromatic N) is 7. The molecule has 0 saturated heterocycles. The molecule has 8 aromatic rings. The summed E-state index contributed by atoms with van der Waals surface area (Å²) in [5, 5.41) is 34.3. The molecular weight excluding hydrogens is 566 g/mol. The summed E-state index contributed by atoms with van der Waals surface area (Å²) in [4.78, 5) is 9.54. The van der Waals surface area contributed by atoms with Crippen LogP contribution in [0.3, 0.4) is 0 Å². The quantitative estimate of drug-likeness (QED) is 0.205. The predicted octanol–water partition coefficient (Wildman–Crippen LogP) is 8.57. The van der Waals surface area contributed by atoms with Crippen molar-refractivity contribution in [1.29, 1.82) is 15.8 Å². The van der Waals surface area contributed by atoms with Crippen LogP contribution in [-0.2, 0) is 0 Å². The number of para-hydroxylation sites is 2. The van der Waals surface area contributed by atoms with Crippen molar-refractivity contribution in [2.45, 2.75) is 13.8 Å². The van der Waals surface area contributed by atoms with Crippen molar-refractivity contribution in [3.8, 4) is 40.8 Å². The van der Waals surface area contributed by atoms with Crippen LogP contribution in [0.15, 0.2) is 103 Å². The molecule has 46 heavy (non-hydrogen) atoms. The van der Waals surface area contributed by atoms with Gasteiger partial charge in [0.15, 0.2) is 0 Å². The Morgan fingerprint density at radius 3 is 1.46 bits per heavy atom. The molecule has 0 aliphatic heterocycles. The highest BCUT2D eigenvalue weighted by Crippen LogP contribution is 2.42. The molecule has 0 fully saturated rings. The summed E-state index contributed by atoms with van der Waals surface area (Å²) in [6, 6.07) is 40.4. The average Bonchev–Trinajstić information content (AvgIpc) is 3.59. The van der Waals surface area contributed by atoms with Crippen molar-refractivity contribution >= 4 is 43.6 Å². The summed E-state index contributed by atoms with van der Waals surface area (Å²) in [5.41, 5.74) is 8.89. The Balaban J connectivity index is 1.63. The lowest BCUT2D eigenvalue weighted by atomic mass is 10.0. The van der Waals surface area contributed by atoms with E-state index in [-0.39, 0.29) is 0 Å². The van der Waals surface area contributed by atoms with Crippen molar-refractivity contribution in [2.75, 3.05) is 0 Å². The molecule has 0 spiro atoms. The molecule has 0 aliphatic carbocycles. The normalized spacial score (nSPS) is 11.2. The van der Waals surface area contributed by atoms with Crippen molar-refractivity contribution in [3.05, 3.63) is 131 Å². The maximum atomic E-state index is 10.5. The van der Waals surface area contributed by atoms with Gasteiger partial charge >= 0.3 is 0 Å². The molecule has 0 N–H and O–H groups in total. The minimum absolute atomic E-state index is 0.459. The lowest BCUT2D eigenvalue weighted by Crippen LogP contribution is -2.07. The first-order valence-corrected chi connectivity index (χ1v) is 14.8. The second-order valence-electron chi connectivity index (χ2n) is 11.3. The first kappa shape index (κ1) is 26.8. The van der Waals surface area contributed by atoms with Gasteiger partial charge in [0.05, 0.1) is 74.0 Å². The van der Waals surface area contributed by atoms with Gasteiger partial charge in [-0.15, -0.1) is 0 Å². The van der Waals surface area contributed by atoms with E-state index < -0.39 is 0 Å². The topological polar surface area (TPSA) is 107 Å². The van der Waals surface area contributed by atoms with Gasteiger partial charge in [0.1, 0.15) is 5.82 Å². The maximum absolute atomic E-state index is 10.5. The van der Waals surface area contributed by atoms with Gasteiger partial charge in [-0.3, -0.25) is 0 Å². The van der Waals surface area contributed by atoms with Crippen LogP contribution < -0.4 is 0 Å². The Labute approximate surface area is 264 Å². The molecule has 8 rings (SSSR count). The molecule has 214 valence electrons. The molecule has 0 atom stereocenters. The molecule has 7 nitrogen and oxygen atoms in total. The van der Waals surface area contributed by atoms with Crippen LogP contribution in [0.5, 0.6) is 0 Å². The number of rotatable bonds is 3. The lowest BCUT2D eigenvalue weighted by Gasteiger charge is -2.20. The van der Waals surface area contributed by atoms with E-state index in [0.29, 0.717) is 28.2 Å². The first-order valence-electron chi connectivity index (χ1n) is 14.8. The molecule has 3 heterocycles. The van der Waals surface area contributed by atoms with E-state index in [1.807, 2.05) is 92.7 Å². The van der Waals surface area contributed by atoms with Gasteiger partial charge in [0.2, 0.25) is 0 Å². The monoisotopic (exact) mass is 589 g/mol. The summed E-state index contributed by atoms with van der Waals surface area (Å²) in [6.07, 6.45) is 0. The number of nitriles is 3. The van der Waals surface area contributed by atoms with Crippen molar-refractivity contribution in [2.24, 2.45) is 0 Å². The second-order valence-corrected chi connectivity index (χ2v) is 11.3. The van der Waals surface area contributed by atoms with Gasteiger partial charge in [-0.25, -0.2) is 9.97 Å². The molecule has 0 unspecified atom stereocenters. The van der Waals surface area contributed by atoms with Crippen LogP contribution in [0.2, 0.25) is 0 Å². The average molecular weight is 590 g/mol. The van der Waals surface area contributed by atoms with E-state index in [2.05, 4.69) is 56.6 Å². The Morgan fingerprint density at radius 2 is 0.978 bits per heavy atom. The minimum atomic E-state index is 0.459. The van der Waals surface area contributed by atoms with Gasteiger partial charge in [-0.1, -0.05) is 48.5 Å². The zero-order valence-corrected chi connectivity index (χ0v) is 24.9. The largest absolute Gasteiger partial charge is 0.308 e. The number of hydrogen-bond acceptors (Lipinski definition) is 5. The Kier molecular flexibility index (Phi) is 5.93. The molecular formula is C39H23N7. The van der Waals surface area contributed by atoms with Gasteiger partial charge in [0, 0.05) is 32.8 Å². The number of aryl methyl sites for hydroxylation is 2. The van der Waals surface area contributed by atoms with Gasteiger partial charge in [-0.2, -0.15) is 15.8 Å². The molecule has 3 aromatic heterocycles. The lowest BCUT2D eigenvalue weighted by molar-refractivity contribution is 1.01. The Hall–Kier alpha value is -6.75. The van der Waals surface area contributed by atoms with E-state index in [9.17, 15) is 15.8 Å². The van der Waals surface area contributed by atoms with Gasteiger partial charge in [0.25, 0.3) is 0 Å². The van der Waals surface area contributed by atoms with Crippen LogP contribution in [0.25, 0.3) is 66.2 Å². The summed E-state index contributed by atoms with van der Waals surface area (Å²) in [7, 11) is 0. The van der Waals surface area contributed by atoms with Crippen molar-refractivity contribution < 1.29 is 0 Å². The smallest absolute Gasteiger partial charge is 0.126 e. The molecule has 0 saturated carbocycles. The summed E-state index contributed by atoms with van der Waals surface area (Å²) in [5.74, 6) is 0.624. The number of benzene rings is 5. The molecule has 0 amide bonds. The molecule has 0 aliphatic rings. The third kappa shape index (κ3) is 3.95. The Bertz CT molecular complexity index is 2530. The van der Waals surface area contributed by atoms with Gasteiger partial charge < -0.3 is 9.13 Å². The zero-order valence-electron chi connectivity index (χ0n) is 24.9. The summed E-state index contributed by atoms with van der Waals surface area (Å²) in [6.45, 7) is 3.82. The summed E-state index contributed by atoms with van der Waals surface area (Å²) >= 11 is 0. The van der Waals surface area contributed by atoms with E-state index in [1.54, 1.807) is 0 Å². The fraction of sp³-hybridized carbons (Fsp3) is 0.0513. The third-order valence-electron chi connectivity index (χ3n) is 8.54. The fourth-order valence-electron chi connectivity index (χ4n) is 6.74. The van der Waals surface area contributed by atoms with Crippen LogP contribution in [0.4, 0.5) is 0 Å². The molecule has 7 heteroatoms. The first-order chi connectivity index (χ1) is 22.5. The van der Waals surface area contributed by atoms with E-state index in [4.69, 9.17) is 4.98 Å². The predicted molar refractivity (Wildman–Crippen MR) is 180 cm³/mol. The SMILES string of the molecule is Cc1cc(-c2c(-n3c4ccccc4c4ccc(C#N)cc43)cc(C#N)cc2-n2c3ccccc3c3ccc(C#N)cc32)nc(C)n1. The highest BCUT2D eigenvalue weighted by Gasteiger charge is 2.24. The molecule has 0 bridgehead atoms. The van der Waals surface area contributed by atoms with Crippen molar-refractivity contribution in [3.63, 3.8) is 0 Å². The highest BCUT2D eigenvalue weighted by atomic mass is 15.0. The van der Waals surface area contributed by atoms with Crippen LogP contribution in [-0.4, -0.2) is 19.1 Å². The van der Waals surface area contributed by atoms with Crippen LogP contribution in [0.1, 0.15) is 28.2 Å². The zero-order chi connectivity index (χ0) is 31.5. The highest BCUT2D eigenvalue weighted by molar-refractivity contribution is 6.12. The van der Waals surface area contributed by atoms with Crippen LogP contribution >= 0.6 is 0 Å². The number of hydrogen-bond donors (Lipinski definition) is 0. The maximum Gasteiger partial charge on any atom is 0.126 e. The number of aromatic nitrogens is 4. The van der Waals surface area contributed by atoms with E-state index >= 15 is 0 Å². The van der Waals surface area contributed by atoms with Crippen molar-refractivity contribution in [1.82, 2.24) is 19.1 Å². The molecule has 0 radical (unpaired) electrons. The van der Waals surface area contributed by atoms with Crippen LogP contribution in [0, 0.1) is 47.8 Å². The Morgan fingerprint density at radius 1 is 0.500 bits per heavy atom. The standard InChI is InChI=1S/C39H23N7/c1-23-15-32(44-24(2)43-23)39-37(45-33-9-5-3-7-28(33)30-13-11-25(20-40)16-35(30)45)18-27(22-42)19-38(39)46-34-10-6-4-8-29(34)31-14-12-26(21-41)17-36(31)46/h3-19H,1-2H3. The van der Waals surface area contributed by atoms with E-state index in [0.717, 1.165) is 66.2 Å². The number of fused-ring (bicyclic) bond motifs is 6. The third-order valence-corrected chi connectivity index (χ3v) is 8.54. The fourth-order valence-corrected chi connectivity index (χ4v) is 6.74. The molecule has 5 aromatic carbocycles. The van der Waals surface area contributed by atoms with Gasteiger partial charge in [-0.05, 0) is 68.4 Å². The minimum Gasteiger partial charge on any atom is -0.308 e.